The lowest BCUT2D eigenvalue weighted by atomic mass is 10.3. The monoisotopic (exact) mass is 808 g/mol. The Bertz CT molecular complexity index is 3100. The van der Waals surface area contributed by atoms with Gasteiger partial charge >= 0.3 is 16.8 Å². The number of aromatic nitrogens is 8. The molecule has 6 heterocycles. The van der Waals surface area contributed by atoms with Gasteiger partial charge in [0.25, 0.3) is 0 Å². The molecule has 2 aliphatic rings. The minimum Gasteiger partial charge on any atom is -0.314 e. The normalized spacial score (nSPS) is 15.0. The van der Waals surface area contributed by atoms with E-state index in [4.69, 9.17) is 19.9 Å². The molecular formula is C48H36N10Si2. The summed E-state index contributed by atoms with van der Waals surface area (Å²) < 4.78 is 10.1. The van der Waals surface area contributed by atoms with Crippen LogP contribution in [0.4, 0.5) is 35.2 Å². The lowest BCUT2D eigenvalue weighted by Gasteiger charge is -2.42. The molecule has 12 heteroatoms. The van der Waals surface area contributed by atoms with Crippen LogP contribution < -0.4 is 20.2 Å². The summed E-state index contributed by atoms with van der Waals surface area (Å²) >= 11 is 0. The number of para-hydroxylation sites is 10. The van der Waals surface area contributed by atoms with E-state index in [2.05, 4.69) is 222 Å². The summed E-state index contributed by atoms with van der Waals surface area (Å²) in [5.41, 5.74) is 10.3. The highest BCUT2D eigenvalue weighted by atomic mass is 28.4. The van der Waals surface area contributed by atoms with Gasteiger partial charge in [0.2, 0.25) is 23.8 Å². The van der Waals surface area contributed by atoms with E-state index in [1.807, 2.05) is 0 Å². The smallest absolute Gasteiger partial charge is 0.308 e. The van der Waals surface area contributed by atoms with Crippen molar-refractivity contribution >= 4 is 106 Å². The predicted molar refractivity (Wildman–Crippen MR) is 246 cm³/mol. The van der Waals surface area contributed by atoms with Crippen molar-refractivity contribution in [2.45, 2.75) is 13.1 Å². The fraction of sp³-hybridized carbons (Fsp3) is 0.0417. The number of rotatable bonds is 4. The van der Waals surface area contributed by atoms with Crippen molar-refractivity contribution in [3.8, 4) is 0 Å². The molecule has 2 aliphatic heterocycles. The molecule has 0 aliphatic carbocycles. The fourth-order valence-electron chi connectivity index (χ4n) is 9.98. The quantitative estimate of drug-likeness (QED) is 0.165. The Hall–Kier alpha value is -7.55. The van der Waals surface area contributed by atoms with Crippen molar-refractivity contribution < 1.29 is 0 Å². The fourth-order valence-corrected chi connectivity index (χ4v) is 17.8. The van der Waals surface area contributed by atoms with Crippen LogP contribution in [-0.4, -0.2) is 53.7 Å². The van der Waals surface area contributed by atoms with Crippen molar-refractivity contribution in [3.63, 3.8) is 0 Å². The van der Waals surface area contributed by atoms with Gasteiger partial charge in [-0.2, -0.15) is 0 Å². The molecule has 4 aromatic heterocycles. The molecule has 0 atom stereocenters. The second kappa shape index (κ2) is 12.0. The lowest BCUT2D eigenvalue weighted by Crippen LogP contribution is -2.64. The first-order valence-electron chi connectivity index (χ1n) is 20.3. The van der Waals surface area contributed by atoms with E-state index in [9.17, 15) is 0 Å². The molecule has 0 fully saturated rings. The Labute approximate surface area is 346 Å². The lowest BCUT2D eigenvalue weighted by molar-refractivity contribution is 0.932. The molecule has 0 bridgehead atoms. The largest absolute Gasteiger partial charge is 0.314 e. The number of fused-ring (bicyclic) bond motifs is 12. The molecule has 13 rings (SSSR count). The van der Waals surface area contributed by atoms with Crippen LogP contribution >= 0.6 is 0 Å². The molecule has 0 unspecified atom stereocenters. The molecule has 7 aromatic carbocycles. The Balaban J connectivity index is 1.08. The topological polar surface area (TPSA) is 77.8 Å². The summed E-state index contributed by atoms with van der Waals surface area (Å²) in [4.78, 5) is 26.0. The second-order valence-corrected chi connectivity index (χ2v) is 22.9. The Morgan fingerprint density at radius 2 is 0.550 bits per heavy atom. The number of nitrogens with zero attached hydrogens (tertiary/aromatic N) is 10. The molecule has 10 nitrogen and oxygen atoms in total. The molecule has 60 heavy (non-hydrogen) atoms. The third kappa shape index (κ3) is 4.25. The maximum Gasteiger partial charge on any atom is 0.308 e. The summed E-state index contributed by atoms with van der Waals surface area (Å²) in [6.07, 6.45) is 0. The molecular weight excluding hydrogens is 773 g/mol. The van der Waals surface area contributed by atoms with Gasteiger partial charge in [0, 0.05) is 0 Å². The predicted octanol–water partition coefficient (Wildman–Crippen LogP) is 9.40. The standard InChI is InChI=1S/C48H36N10Si2/c1-59(55-41-25-13-9-21-37(41)49-45(55)53(33-17-5-3-6-18-33)46-50-38-22-10-14-26-42(38)56(46)59)35-29-31-36(32-30-35)60(2)57-43-27-15-11-23-39(43)51-47(57)54(34-19-7-4-8-20-34)48-52-40-24-12-16-28-44(40)58(48)60/h3-32H,1-2H3. The molecule has 0 saturated heterocycles. The van der Waals surface area contributed by atoms with Gasteiger partial charge in [-0.25, -0.2) is 19.9 Å². The van der Waals surface area contributed by atoms with Gasteiger partial charge in [-0.3, -0.25) is 9.80 Å². The Kier molecular flexibility index (Phi) is 6.69. The van der Waals surface area contributed by atoms with Crippen molar-refractivity contribution in [1.82, 2.24) is 36.9 Å². The van der Waals surface area contributed by atoms with Gasteiger partial charge in [-0.15, -0.1) is 0 Å². The molecule has 11 aromatic rings. The third-order valence-corrected chi connectivity index (χ3v) is 20.8. The zero-order valence-electron chi connectivity index (χ0n) is 32.8. The highest BCUT2D eigenvalue weighted by molar-refractivity contribution is 6.92. The zero-order valence-corrected chi connectivity index (χ0v) is 34.8. The molecule has 0 spiro atoms. The molecule has 0 saturated carbocycles. The van der Waals surface area contributed by atoms with E-state index in [0.29, 0.717) is 0 Å². The average molecular weight is 809 g/mol. The summed E-state index contributed by atoms with van der Waals surface area (Å²) in [5, 5.41) is 2.50. The highest BCUT2D eigenvalue weighted by Crippen LogP contribution is 2.46. The van der Waals surface area contributed by atoms with E-state index in [1.165, 1.54) is 10.4 Å². The van der Waals surface area contributed by atoms with Crippen LogP contribution in [0.2, 0.25) is 13.1 Å². The Morgan fingerprint density at radius 1 is 0.300 bits per heavy atom. The number of hydrogen-bond donors (Lipinski definition) is 0. The van der Waals surface area contributed by atoms with Gasteiger partial charge in [-0.1, -0.05) is 109 Å². The van der Waals surface area contributed by atoms with Gasteiger partial charge < -0.3 is 16.9 Å². The molecule has 0 radical (unpaired) electrons. The van der Waals surface area contributed by atoms with E-state index in [0.717, 1.165) is 79.3 Å². The zero-order chi connectivity index (χ0) is 39.7. The van der Waals surface area contributed by atoms with E-state index in [-0.39, 0.29) is 0 Å². The summed E-state index contributed by atoms with van der Waals surface area (Å²) in [5.74, 6) is 3.51. The summed E-state index contributed by atoms with van der Waals surface area (Å²) in [7, 11) is -5.95. The molecule has 286 valence electrons. The van der Waals surface area contributed by atoms with Crippen LogP contribution in [0, 0.1) is 0 Å². The van der Waals surface area contributed by atoms with Crippen LogP contribution in [0.15, 0.2) is 182 Å². The van der Waals surface area contributed by atoms with Gasteiger partial charge in [0.1, 0.15) is 0 Å². The number of anilines is 6. The van der Waals surface area contributed by atoms with E-state index < -0.39 is 16.8 Å². The van der Waals surface area contributed by atoms with Crippen LogP contribution in [0.3, 0.4) is 0 Å². The highest BCUT2D eigenvalue weighted by Gasteiger charge is 2.51. The summed E-state index contributed by atoms with van der Waals surface area (Å²) in [6.45, 7) is 4.89. The van der Waals surface area contributed by atoms with Crippen molar-refractivity contribution in [1.29, 1.82) is 0 Å². The first-order chi connectivity index (χ1) is 29.5. The van der Waals surface area contributed by atoms with Crippen LogP contribution in [0.25, 0.3) is 44.1 Å². The third-order valence-electron chi connectivity index (χ3n) is 12.7. The maximum absolute atomic E-state index is 5.38. The number of imidazole rings is 4. The minimum atomic E-state index is -2.97. The van der Waals surface area contributed by atoms with E-state index >= 15 is 0 Å². The number of hydrogen-bond acceptors (Lipinski definition) is 6. The van der Waals surface area contributed by atoms with Crippen LogP contribution in [0.1, 0.15) is 0 Å². The number of benzene rings is 7. The molecule has 0 N–H and O–H groups in total. The van der Waals surface area contributed by atoms with Gasteiger partial charge in [0.05, 0.1) is 55.5 Å². The summed E-state index contributed by atoms with van der Waals surface area (Å²) in [6, 6.07) is 64.7. The van der Waals surface area contributed by atoms with Crippen LogP contribution in [0.5, 0.6) is 0 Å². The molecule has 0 amide bonds. The first kappa shape index (κ1) is 33.4. The second-order valence-electron chi connectivity index (χ2n) is 15.9. The van der Waals surface area contributed by atoms with Crippen molar-refractivity contribution in [2.75, 3.05) is 9.80 Å². The average Bonchev–Trinajstić information content (AvgIpc) is 4.08. The van der Waals surface area contributed by atoms with Crippen molar-refractivity contribution in [2.24, 2.45) is 0 Å². The maximum atomic E-state index is 5.38. The van der Waals surface area contributed by atoms with Gasteiger partial charge in [-0.05, 0) is 96.3 Å². The van der Waals surface area contributed by atoms with Gasteiger partial charge in [0.15, 0.2) is 0 Å². The van der Waals surface area contributed by atoms with Crippen molar-refractivity contribution in [3.05, 3.63) is 182 Å². The Morgan fingerprint density at radius 3 is 0.833 bits per heavy atom. The van der Waals surface area contributed by atoms with E-state index in [1.54, 1.807) is 0 Å². The first-order valence-corrected chi connectivity index (χ1v) is 25.1. The SMILES string of the molecule is C[Si]1(c2ccc([Si]3(C)n4c(nc5ccccc54)N(c4ccccc4)c4nc5ccccc5n43)cc2)n2c(nc3ccccc32)N(c2ccccc2)c2nc3ccccc3n21. The van der Waals surface area contributed by atoms with Crippen LogP contribution in [-0.2, 0) is 0 Å². The minimum absolute atomic E-state index is 0.877.